The van der Waals surface area contributed by atoms with Gasteiger partial charge < -0.3 is 9.47 Å². The SMILES string of the molecule is Cc1nc(Cl)c(C)c(OCCOc2ccccc2)n1. The van der Waals surface area contributed by atoms with Gasteiger partial charge in [0.25, 0.3) is 0 Å². The van der Waals surface area contributed by atoms with Crippen molar-refractivity contribution in [2.45, 2.75) is 13.8 Å². The molecule has 0 aliphatic heterocycles. The first kappa shape index (κ1) is 13.6. The van der Waals surface area contributed by atoms with Crippen molar-refractivity contribution in [3.63, 3.8) is 0 Å². The largest absolute Gasteiger partial charge is 0.490 e. The van der Waals surface area contributed by atoms with E-state index in [0.29, 0.717) is 30.1 Å². The Morgan fingerprint density at radius 1 is 1.00 bits per heavy atom. The first-order valence-corrected chi connectivity index (χ1v) is 6.36. The van der Waals surface area contributed by atoms with Gasteiger partial charge in [-0.2, -0.15) is 4.98 Å². The van der Waals surface area contributed by atoms with Gasteiger partial charge in [-0.15, -0.1) is 0 Å². The molecule has 0 fully saturated rings. The summed E-state index contributed by atoms with van der Waals surface area (Å²) in [5, 5.41) is 0.423. The molecule has 4 nitrogen and oxygen atoms in total. The van der Waals surface area contributed by atoms with Crippen LogP contribution in [-0.4, -0.2) is 23.2 Å². The van der Waals surface area contributed by atoms with Crippen LogP contribution >= 0.6 is 11.6 Å². The first-order valence-electron chi connectivity index (χ1n) is 5.98. The molecule has 100 valence electrons. The number of aromatic nitrogens is 2. The van der Waals surface area contributed by atoms with E-state index < -0.39 is 0 Å². The maximum Gasteiger partial charge on any atom is 0.221 e. The summed E-state index contributed by atoms with van der Waals surface area (Å²) in [6.45, 7) is 4.46. The summed E-state index contributed by atoms with van der Waals surface area (Å²) in [5.41, 5.74) is 0.743. The summed E-state index contributed by atoms with van der Waals surface area (Å²) >= 11 is 5.97. The number of aryl methyl sites for hydroxylation is 1. The number of benzene rings is 1. The summed E-state index contributed by atoms with van der Waals surface area (Å²) in [4.78, 5) is 8.26. The van der Waals surface area contributed by atoms with Crippen molar-refractivity contribution < 1.29 is 9.47 Å². The Balaban J connectivity index is 1.86. The van der Waals surface area contributed by atoms with Crippen LogP contribution in [0.25, 0.3) is 0 Å². The minimum Gasteiger partial charge on any atom is -0.490 e. The lowest BCUT2D eigenvalue weighted by atomic mass is 10.3. The molecule has 1 aromatic carbocycles. The average molecular weight is 279 g/mol. The van der Waals surface area contributed by atoms with Crippen molar-refractivity contribution in [2.75, 3.05) is 13.2 Å². The monoisotopic (exact) mass is 278 g/mol. The van der Waals surface area contributed by atoms with Gasteiger partial charge in [0.2, 0.25) is 5.88 Å². The Morgan fingerprint density at radius 2 is 1.68 bits per heavy atom. The lowest BCUT2D eigenvalue weighted by Gasteiger charge is -2.10. The Labute approximate surface area is 117 Å². The average Bonchev–Trinajstić information content (AvgIpc) is 2.41. The van der Waals surface area contributed by atoms with Gasteiger partial charge in [0.05, 0.1) is 0 Å². The van der Waals surface area contributed by atoms with E-state index in [9.17, 15) is 0 Å². The smallest absolute Gasteiger partial charge is 0.221 e. The molecule has 0 radical (unpaired) electrons. The van der Waals surface area contributed by atoms with Crippen molar-refractivity contribution >= 4 is 11.6 Å². The van der Waals surface area contributed by atoms with Crippen molar-refractivity contribution in [1.82, 2.24) is 9.97 Å². The van der Waals surface area contributed by atoms with Gasteiger partial charge >= 0.3 is 0 Å². The number of para-hydroxylation sites is 1. The molecule has 1 heterocycles. The summed E-state index contributed by atoms with van der Waals surface area (Å²) in [6, 6.07) is 9.59. The van der Waals surface area contributed by atoms with E-state index in [2.05, 4.69) is 9.97 Å². The molecule has 5 heteroatoms. The molecule has 0 bridgehead atoms. The van der Waals surface area contributed by atoms with E-state index >= 15 is 0 Å². The molecule has 0 amide bonds. The van der Waals surface area contributed by atoms with Gasteiger partial charge in [-0.3, -0.25) is 0 Å². The number of hydrogen-bond acceptors (Lipinski definition) is 4. The highest BCUT2D eigenvalue weighted by atomic mass is 35.5. The highest BCUT2D eigenvalue weighted by molar-refractivity contribution is 6.30. The van der Waals surface area contributed by atoms with Crippen LogP contribution in [0.15, 0.2) is 30.3 Å². The molecule has 0 N–H and O–H groups in total. The van der Waals surface area contributed by atoms with Crippen LogP contribution in [0.3, 0.4) is 0 Å². The molecule has 19 heavy (non-hydrogen) atoms. The molecule has 1 aromatic heterocycles. The van der Waals surface area contributed by atoms with Gasteiger partial charge in [0.1, 0.15) is 29.9 Å². The minimum absolute atomic E-state index is 0.405. The van der Waals surface area contributed by atoms with Crippen molar-refractivity contribution in [3.8, 4) is 11.6 Å². The molecular formula is C14H15ClN2O2. The Kier molecular flexibility index (Phi) is 4.58. The molecule has 0 spiro atoms. The van der Waals surface area contributed by atoms with Crippen molar-refractivity contribution in [3.05, 3.63) is 46.9 Å². The van der Waals surface area contributed by atoms with Crippen LogP contribution < -0.4 is 9.47 Å². The molecular weight excluding hydrogens is 264 g/mol. The van der Waals surface area contributed by atoms with Gasteiger partial charge in [-0.05, 0) is 26.0 Å². The lowest BCUT2D eigenvalue weighted by molar-refractivity contribution is 0.210. The normalized spacial score (nSPS) is 10.3. The van der Waals surface area contributed by atoms with Crippen LogP contribution in [-0.2, 0) is 0 Å². The number of rotatable bonds is 5. The lowest BCUT2D eigenvalue weighted by Crippen LogP contribution is -2.11. The summed E-state index contributed by atoms with van der Waals surface area (Å²) in [5.74, 6) is 1.92. The fourth-order valence-electron chi connectivity index (χ4n) is 1.53. The zero-order valence-electron chi connectivity index (χ0n) is 10.9. The Bertz CT molecular complexity index is 547. The topological polar surface area (TPSA) is 44.2 Å². The molecule has 0 saturated carbocycles. The quantitative estimate of drug-likeness (QED) is 0.622. The van der Waals surface area contributed by atoms with Gasteiger partial charge in [0.15, 0.2) is 0 Å². The van der Waals surface area contributed by atoms with E-state index in [1.165, 1.54) is 0 Å². The fraction of sp³-hybridized carbons (Fsp3) is 0.286. The third kappa shape index (κ3) is 3.83. The zero-order valence-corrected chi connectivity index (χ0v) is 11.6. The molecule has 2 aromatic rings. The van der Waals surface area contributed by atoms with E-state index in [1.54, 1.807) is 6.92 Å². The van der Waals surface area contributed by atoms with Crippen molar-refractivity contribution in [1.29, 1.82) is 0 Å². The first-order chi connectivity index (χ1) is 9.16. The Hall–Kier alpha value is -1.81. The number of hydrogen-bond donors (Lipinski definition) is 0. The summed E-state index contributed by atoms with van der Waals surface area (Å²) in [6.07, 6.45) is 0. The van der Waals surface area contributed by atoms with E-state index in [0.717, 1.165) is 11.3 Å². The van der Waals surface area contributed by atoms with Crippen molar-refractivity contribution in [2.24, 2.45) is 0 Å². The molecule has 0 unspecified atom stereocenters. The summed E-state index contributed by atoms with van der Waals surface area (Å²) in [7, 11) is 0. The van der Waals surface area contributed by atoms with Gasteiger partial charge in [-0.25, -0.2) is 4.98 Å². The minimum atomic E-state index is 0.405. The van der Waals surface area contributed by atoms with E-state index in [4.69, 9.17) is 21.1 Å². The predicted molar refractivity (Wildman–Crippen MR) is 73.9 cm³/mol. The van der Waals surface area contributed by atoms with E-state index in [-0.39, 0.29) is 0 Å². The zero-order chi connectivity index (χ0) is 13.7. The molecule has 0 aliphatic rings. The molecule has 2 rings (SSSR count). The second-order valence-electron chi connectivity index (χ2n) is 4.00. The van der Waals surface area contributed by atoms with Gasteiger partial charge in [0, 0.05) is 5.56 Å². The maximum absolute atomic E-state index is 5.97. The number of nitrogens with zero attached hydrogens (tertiary/aromatic N) is 2. The number of ether oxygens (including phenoxy) is 2. The second-order valence-corrected chi connectivity index (χ2v) is 4.36. The fourth-order valence-corrected chi connectivity index (χ4v) is 1.73. The van der Waals surface area contributed by atoms with Crippen LogP contribution in [0.2, 0.25) is 5.15 Å². The second kappa shape index (κ2) is 6.38. The van der Waals surface area contributed by atoms with Gasteiger partial charge in [-0.1, -0.05) is 29.8 Å². The third-order valence-electron chi connectivity index (χ3n) is 2.49. The number of halogens is 1. The molecule has 0 atom stereocenters. The highest BCUT2D eigenvalue weighted by Crippen LogP contribution is 2.21. The third-order valence-corrected chi connectivity index (χ3v) is 2.86. The highest BCUT2D eigenvalue weighted by Gasteiger charge is 2.08. The summed E-state index contributed by atoms with van der Waals surface area (Å²) < 4.78 is 11.1. The van der Waals surface area contributed by atoms with Crippen LogP contribution in [0.4, 0.5) is 0 Å². The molecule has 0 aliphatic carbocycles. The van der Waals surface area contributed by atoms with Crippen LogP contribution in [0, 0.1) is 13.8 Å². The Morgan fingerprint density at radius 3 is 2.42 bits per heavy atom. The standard InChI is InChI=1S/C14H15ClN2O2/c1-10-13(15)16-11(2)17-14(10)19-9-8-18-12-6-4-3-5-7-12/h3-7H,8-9H2,1-2H3. The molecule has 0 saturated heterocycles. The van der Waals surface area contributed by atoms with E-state index in [1.807, 2.05) is 37.3 Å². The van der Waals surface area contributed by atoms with Crippen LogP contribution in [0.5, 0.6) is 11.6 Å². The predicted octanol–water partition coefficient (Wildman–Crippen LogP) is 3.20. The van der Waals surface area contributed by atoms with Crippen LogP contribution in [0.1, 0.15) is 11.4 Å². The maximum atomic E-state index is 5.97.